The highest BCUT2D eigenvalue weighted by atomic mass is 35.5. The van der Waals surface area contributed by atoms with Crippen molar-refractivity contribution in [1.82, 2.24) is 4.58 Å². The maximum atomic E-state index is 13.4. The van der Waals surface area contributed by atoms with Crippen LogP contribution in [0.2, 0.25) is 0 Å². The average molecular weight is 312 g/mol. The number of rotatable bonds is 2. The molecule has 0 aliphatic rings. The molecule has 0 fully saturated rings. The normalized spacial score (nSPS) is 10.0. The Morgan fingerprint density at radius 1 is 0.952 bits per heavy atom. The molecule has 0 aliphatic heterocycles. The number of carbonyl (C=O) groups excluding carboxylic acids is 2. The van der Waals surface area contributed by atoms with Gasteiger partial charge >= 0.3 is 11.9 Å². The second-order valence-electron chi connectivity index (χ2n) is 3.89. The summed E-state index contributed by atoms with van der Waals surface area (Å²) in [6, 6.07) is 10.6. The van der Waals surface area contributed by atoms with Crippen LogP contribution in [0.4, 0.5) is 8.78 Å². The minimum Gasteiger partial charge on any atom is -0.316 e. The first kappa shape index (κ1) is 14.9. The predicted molar refractivity (Wildman–Crippen MR) is 70.2 cm³/mol. The van der Waals surface area contributed by atoms with Gasteiger partial charge in [-0.15, -0.1) is 0 Å². The summed E-state index contributed by atoms with van der Waals surface area (Å²) in [5.74, 6) is -4.48. The third-order valence-corrected chi connectivity index (χ3v) is 2.73. The number of benzene rings is 2. The Morgan fingerprint density at radius 3 is 2.10 bits per heavy atom. The van der Waals surface area contributed by atoms with Crippen LogP contribution in [0.15, 0.2) is 48.5 Å². The van der Waals surface area contributed by atoms with Crippen molar-refractivity contribution in [2.45, 2.75) is 0 Å². The average Bonchev–Trinajstić information content (AvgIpc) is 2.47. The first-order valence-electron chi connectivity index (χ1n) is 5.72. The van der Waals surface area contributed by atoms with Gasteiger partial charge in [0.25, 0.3) is 0 Å². The van der Waals surface area contributed by atoms with Gasteiger partial charge in [0.2, 0.25) is 0 Å². The van der Waals surface area contributed by atoms with Gasteiger partial charge in [0.05, 0.1) is 11.8 Å². The van der Waals surface area contributed by atoms with Crippen LogP contribution >= 0.6 is 11.8 Å². The predicted octanol–water partition coefficient (Wildman–Crippen LogP) is 3.33. The van der Waals surface area contributed by atoms with Gasteiger partial charge in [-0.1, -0.05) is 28.8 Å². The standard InChI is InChI=1S/C14H8ClF2NO3/c15-18(13(19)9-5-2-1-3-6-9)21-14(20)12-10(16)7-4-8-11(12)17/h1-8H. The Balaban J connectivity index is 2.15. The van der Waals surface area contributed by atoms with Crippen LogP contribution in [0.25, 0.3) is 0 Å². The number of hydrogen-bond acceptors (Lipinski definition) is 3. The van der Waals surface area contributed by atoms with Crippen LogP contribution in [-0.2, 0) is 4.84 Å². The molecule has 0 N–H and O–H groups in total. The van der Waals surface area contributed by atoms with Crippen LogP contribution in [0.5, 0.6) is 0 Å². The molecule has 0 spiro atoms. The van der Waals surface area contributed by atoms with E-state index in [1.165, 1.54) is 12.1 Å². The van der Waals surface area contributed by atoms with Gasteiger partial charge < -0.3 is 4.84 Å². The van der Waals surface area contributed by atoms with E-state index in [9.17, 15) is 18.4 Å². The Bertz CT molecular complexity index is 659. The molecule has 0 bridgehead atoms. The summed E-state index contributed by atoms with van der Waals surface area (Å²) in [5, 5.41) is 0. The van der Waals surface area contributed by atoms with E-state index < -0.39 is 29.1 Å². The largest absolute Gasteiger partial charge is 0.370 e. The SMILES string of the molecule is O=C(ON(Cl)C(=O)c1ccccc1)c1c(F)cccc1F. The van der Waals surface area contributed by atoms with Crippen LogP contribution < -0.4 is 0 Å². The van der Waals surface area contributed by atoms with Gasteiger partial charge in [0.15, 0.2) is 0 Å². The molecule has 0 saturated carbocycles. The van der Waals surface area contributed by atoms with E-state index in [0.29, 0.717) is 0 Å². The van der Waals surface area contributed by atoms with E-state index >= 15 is 0 Å². The first-order chi connectivity index (χ1) is 10.0. The smallest absolute Gasteiger partial charge is 0.316 e. The van der Waals surface area contributed by atoms with Crippen molar-refractivity contribution < 1.29 is 23.2 Å². The number of halogens is 3. The van der Waals surface area contributed by atoms with Crippen molar-refractivity contribution in [1.29, 1.82) is 0 Å². The van der Waals surface area contributed by atoms with E-state index in [1.807, 2.05) is 0 Å². The molecule has 0 unspecified atom stereocenters. The molecular formula is C14H8ClF2NO3. The Kier molecular flexibility index (Phi) is 4.49. The quantitative estimate of drug-likeness (QED) is 0.631. The lowest BCUT2D eigenvalue weighted by Crippen LogP contribution is -2.26. The summed E-state index contributed by atoms with van der Waals surface area (Å²) in [5.41, 5.74) is -0.779. The van der Waals surface area contributed by atoms with Gasteiger partial charge in [0, 0.05) is 5.56 Å². The summed E-state index contributed by atoms with van der Waals surface area (Å²) < 4.78 is 26.9. The van der Waals surface area contributed by atoms with Crippen molar-refractivity contribution in [2.75, 3.05) is 0 Å². The van der Waals surface area contributed by atoms with Crippen molar-refractivity contribution >= 4 is 23.7 Å². The van der Waals surface area contributed by atoms with Crippen LogP contribution in [0.3, 0.4) is 0 Å². The molecule has 2 aromatic rings. The van der Waals surface area contributed by atoms with E-state index in [0.717, 1.165) is 18.2 Å². The highest BCUT2D eigenvalue weighted by Gasteiger charge is 2.24. The lowest BCUT2D eigenvalue weighted by atomic mass is 10.2. The maximum absolute atomic E-state index is 13.4. The molecule has 0 saturated heterocycles. The molecule has 0 aromatic heterocycles. The van der Waals surface area contributed by atoms with Gasteiger partial charge in [-0.25, -0.2) is 13.6 Å². The van der Waals surface area contributed by atoms with Crippen LogP contribution in [0, 0.1) is 11.6 Å². The molecule has 4 nitrogen and oxygen atoms in total. The molecule has 2 rings (SSSR count). The third-order valence-electron chi connectivity index (χ3n) is 2.51. The van der Waals surface area contributed by atoms with Crippen molar-refractivity contribution in [3.8, 4) is 0 Å². The summed E-state index contributed by atoms with van der Waals surface area (Å²) in [7, 11) is 0. The minimum absolute atomic E-state index is 0.101. The number of amides is 1. The highest BCUT2D eigenvalue weighted by molar-refractivity contribution is 6.23. The molecule has 21 heavy (non-hydrogen) atoms. The van der Waals surface area contributed by atoms with Gasteiger partial charge in [0.1, 0.15) is 17.2 Å². The van der Waals surface area contributed by atoms with Crippen molar-refractivity contribution in [2.24, 2.45) is 0 Å². The molecule has 0 heterocycles. The fourth-order valence-electron chi connectivity index (χ4n) is 1.53. The lowest BCUT2D eigenvalue weighted by Gasteiger charge is -2.13. The van der Waals surface area contributed by atoms with Crippen molar-refractivity contribution in [3.05, 3.63) is 71.3 Å². The number of hydroxylamine groups is 1. The lowest BCUT2D eigenvalue weighted by molar-refractivity contribution is -0.0311. The monoisotopic (exact) mass is 311 g/mol. The third kappa shape index (κ3) is 3.35. The van der Waals surface area contributed by atoms with Gasteiger partial charge in [-0.3, -0.25) is 4.79 Å². The Labute approximate surface area is 123 Å². The molecular weight excluding hydrogens is 304 g/mol. The number of nitrogens with zero attached hydrogens (tertiary/aromatic N) is 1. The van der Waals surface area contributed by atoms with Crippen molar-refractivity contribution in [3.63, 3.8) is 0 Å². The molecule has 7 heteroatoms. The summed E-state index contributed by atoms with van der Waals surface area (Å²) in [4.78, 5) is 27.9. The van der Waals surface area contributed by atoms with E-state index in [1.54, 1.807) is 18.2 Å². The summed E-state index contributed by atoms with van der Waals surface area (Å²) in [6.07, 6.45) is 0. The Morgan fingerprint density at radius 2 is 1.52 bits per heavy atom. The van der Waals surface area contributed by atoms with Gasteiger partial charge in [-0.05, 0) is 24.3 Å². The van der Waals surface area contributed by atoms with Crippen LogP contribution in [0.1, 0.15) is 20.7 Å². The maximum Gasteiger partial charge on any atom is 0.370 e. The zero-order valence-corrected chi connectivity index (χ0v) is 11.2. The van der Waals surface area contributed by atoms with E-state index in [2.05, 4.69) is 4.84 Å². The summed E-state index contributed by atoms with van der Waals surface area (Å²) in [6.45, 7) is 0. The summed E-state index contributed by atoms with van der Waals surface area (Å²) >= 11 is 5.51. The zero-order chi connectivity index (χ0) is 15.4. The number of carbonyl (C=O) groups is 2. The fraction of sp³-hybridized carbons (Fsp3) is 0. The number of hydrogen-bond donors (Lipinski definition) is 0. The molecule has 108 valence electrons. The van der Waals surface area contributed by atoms with Gasteiger partial charge in [-0.2, -0.15) is 0 Å². The first-order valence-corrected chi connectivity index (χ1v) is 6.06. The second-order valence-corrected chi connectivity index (χ2v) is 4.20. The fourth-order valence-corrected chi connectivity index (χ4v) is 1.70. The molecule has 1 amide bonds. The van der Waals surface area contributed by atoms with Crippen LogP contribution in [-0.4, -0.2) is 16.5 Å². The Hall–Kier alpha value is -2.47. The topological polar surface area (TPSA) is 46.6 Å². The molecule has 0 radical (unpaired) electrons. The minimum atomic E-state index is -1.41. The molecule has 0 atom stereocenters. The molecule has 2 aromatic carbocycles. The van der Waals surface area contributed by atoms with E-state index in [-0.39, 0.29) is 10.1 Å². The zero-order valence-electron chi connectivity index (χ0n) is 10.4. The van der Waals surface area contributed by atoms with E-state index in [4.69, 9.17) is 11.8 Å². The highest BCUT2D eigenvalue weighted by Crippen LogP contribution is 2.16. The molecule has 0 aliphatic carbocycles. The second kappa shape index (κ2) is 6.32.